The highest BCUT2D eigenvalue weighted by Gasteiger charge is 2.46. The molecule has 0 unspecified atom stereocenters. The zero-order valence-electron chi connectivity index (χ0n) is 11.6. The Morgan fingerprint density at radius 2 is 2.06 bits per heavy atom. The van der Waals surface area contributed by atoms with Crippen LogP contribution >= 0.6 is 0 Å². The van der Waals surface area contributed by atoms with Crippen molar-refractivity contribution in [2.45, 2.75) is 51.6 Å². The average Bonchev–Trinajstić information content (AvgIpc) is 2.58. The minimum atomic E-state index is -0.405. The number of guanidine groups is 1. The van der Waals surface area contributed by atoms with Crippen LogP contribution in [0.15, 0.2) is 4.99 Å². The Morgan fingerprint density at radius 1 is 1.39 bits per heavy atom. The van der Waals surface area contributed by atoms with Gasteiger partial charge in [-0.2, -0.15) is 0 Å². The third-order valence-corrected chi connectivity index (χ3v) is 3.66. The maximum absolute atomic E-state index is 12.1. The molecule has 18 heavy (non-hydrogen) atoms. The molecule has 1 spiro atoms. The maximum atomic E-state index is 12.1. The third-order valence-electron chi connectivity index (χ3n) is 3.66. The number of nitrogens with zero attached hydrogens (tertiary/aromatic N) is 2. The number of nitrogens with one attached hydrogen (secondary N) is 2. The van der Waals surface area contributed by atoms with Crippen molar-refractivity contribution < 1.29 is 4.79 Å². The average molecular weight is 252 g/mol. The SMILES string of the molecule is CCCN1CCC2(CC1)NC(=NC(C)C)NC2=O. The van der Waals surface area contributed by atoms with Crippen LogP contribution < -0.4 is 10.6 Å². The molecule has 0 atom stereocenters. The molecule has 0 aromatic rings. The number of piperidine rings is 1. The van der Waals surface area contributed by atoms with Gasteiger partial charge in [-0.3, -0.25) is 15.1 Å². The molecule has 2 heterocycles. The molecule has 2 rings (SSSR count). The summed E-state index contributed by atoms with van der Waals surface area (Å²) in [6.45, 7) is 9.32. The van der Waals surface area contributed by atoms with Crippen molar-refractivity contribution in [1.82, 2.24) is 15.5 Å². The first-order valence-corrected chi connectivity index (χ1v) is 6.95. The maximum Gasteiger partial charge on any atom is 0.252 e. The Labute approximate surface area is 109 Å². The van der Waals surface area contributed by atoms with Crippen molar-refractivity contribution in [2.75, 3.05) is 19.6 Å². The van der Waals surface area contributed by atoms with E-state index >= 15 is 0 Å². The molecular weight excluding hydrogens is 228 g/mol. The van der Waals surface area contributed by atoms with Crippen molar-refractivity contribution in [2.24, 2.45) is 4.99 Å². The van der Waals surface area contributed by atoms with Gasteiger partial charge in [0, 0.05) is 19.1 Å². The first kappa shape index (κ1) is 13.3. The van der Waals surface area contributed by atoms with Gasteiger partial charge in [-0.05, 0) is 39.7 Å². The Hall–Kier alpha value is -1.10. The van der Waals surface area contributed by atoms with Gasteiger partial charge in [-0.1, -0.05) is 6.92 Å². The predicted octanol–water partition coefficient (Wildman–Crippen LogP) is 0.715. The number of hydrogen-bond donors (Lipinski definition) is 2. The highest BCUT2D eigenvalue weighted by molar-refractivity contribution is 6.09. The van der Waals surface area contributed by atoms with Gasteiger partial charge in [0.25, 0.3) is 5.91 Å². The number of carbonyl (C=O) groups is 1. The first-order chi connectivity index (χ1) is 8.55. The largest absolute Gasteiger partial charge is 0.342 e. The standard InChI is InChI=1S/C13H24N4O/c1-4-7-17-8-5-13(6-9-17)11(18)15-12(16-13)14-10(2)3/h10H,4-9H2,1-3H3,(H2,14,15,16,18). The van der Waals surface area contributed by atoms with Gasteiger partial charge in [0.15, 0.2) is 5.96 Å². The molecule has 5 nitrogen and oxygen atoms in total. The molecule has 0 aromatic heterocycles. The Bertz CT molecular complexity index is 343. The van der Waals surface area contributed by atoms with E-state index in [9.17, 15) is 4.79 Å². The highest BCUT2D eigenvalue weighted by atomic mass is 16.2. The molecule has 2 saturated heterocycles. The van der Waals surface area contributed by atoms with Gasteiger partial charge in [-0.15, -0.1) is 0 Å². The summed E-state index contributed by atoms with van der Waals surface area (Å²) < 4.78 is 0. The van der Waals surface area contributed by atoms with Gasteiger partial charge in [0.2, 0.25) is 0 Å². The van der Waals surface area contributed by atoms with E-state index in [0.717, 1.165) is 32.5 Å². The number of amides is 1. The molecule has 2 aliphatic heterocycles. The van der Waals surface area contributed by atoms with Gasteiger partial charge < -0.3 is 10.2 Å². The van der Waals surface area contributed by atoms with Gasteiger partial charge >= 0.3 is 0 Å². The Morgan fingerprint density at radius 3 is 2.61 bits per heavy atom. The van der Waals surface area contributed by atoms with E-state index in [2.05, 4.69) is 27.4 Å². The van der Waals surface area contributed by atoms with Crippen molar-refractivity contribution in [1.29, 1.82) is 0 Å². The number of aliphatic imine (C=N–C) groups is 1. The summed E-state index contributed by atoms with van der Waals surface area (Å²) in [5.74, 6) is 0.747. The van der Waals surface area contributed by atoms with Crippen LogP contribution in [-0.4, -0.2) is 48.0 Å². The van der Waals surface area contributed by atoms with E-state index in [1.54, 1.807) is 0 Å². The molecule has 0 aliphatic carbocycles. The van der Waals surface area contributed by atoms with Gasteiger partial charge in [0.05, 0.1) is 0 Å². The molecule has 0 aromatic carbocycles. The second-order valence-electron chi connectivity index (χ2n) is 5.57. The number of hydrogen-bond acceptors (Lipinski definition) is 3. The lowest BCUT2D eigenvalue weighted by Gasteiger charge is -2.37. The van der Waals surface area contributed by atoms with Crippen LogP contribution in [0.2, 0.25) is 0 Å². The molecule has 102 valence electrons. The number of likely N-dealkylation sites (tertiary alicyclic amines) is 1. The monoisotopic (exact) mass is 252 g/mol. The van der Waals surface area contributed by atoms with Crippen LogP contribution in [0.4, 0.5) is 0 Å². The van der Waals surface area contributed by atoms with Crippen molar-refractivity contribution >= 4 is 11.9 Å². The van der Waals surface area contributed by atoms with Crippen LogP contribution in [0.1, 0.15) is 40.0 Å². The van der Waals surface area contributed by atoms with Gasteiger partial charge in [0.1, 0.15) is 5.54 Å². The minimum Gasteiger partial charge on any atom is -0.342 e. The van der Waals surface area contributed by atoms with Crippen LogP contribution in [0, 0.1) is 0 Å². The van der Waals surface area contributed by atoms with E-state index in [1.807, 2.05) is 13.8 Å². The fraction of sp³-hybridized carbons (Fsp3) is 0.846. The topological polar surface area (TPSA) is 56.7 Å². The summed E-state index contributed by atoms with van der Waals surface area (Å²) in [5, 5.41) is 6.19. The molecular formula is C13H24N4O. The normalized spacial score (nSPS) is 25.8. The number of carbonyl (C=O) groups excluding carboxylic acids is 1. The first-order valence-electron chi connectivity index (χ1n) is 6.95. The van der Waals surface area contributed by atoms with E-state index in [0.29, 0.717) is 5.96 Å². The van der Waals surface area contributed by atoms with Gasteiger partial charge in [-0.25, -0.2) is 0 Å². The summed E-state index contributed by atoms with van der Waals surface area (Å²) in [7, 11) is 0. The lowest BCUT2D eigenvalue weighted by Crippen LogP contribution is -2.54. The zero-order valence-corrected chi connectivity index (χ0v) is 11.6. The van der Waals surface area contributed by atoms with Crippen molar-refractivity contribution in [3.63, 3.8) is 0 Å². The number of rotatable bonds is 3. The molecule has 2 aliphatic rings. The summed E-state index contributed by atoms with van der Waals surface area (Å²) in [5.41, 5.74) is -0.405. The fourth-order valence-corrected chi connectivity index (χ4v) is 2.69. The lowest BCUT2D eigenvalue weighted by atomic mass is 9.88. The molecule has 0 bridgehead atoms. The van der Waals surface area contributed by atoms with E-state index in [4.69, 9.17) is 0 Å². The van der Waals surface area contributed by atoms with Crippen LogP contribution in [0.5, 0.6) is 0 Å². The Balaban J connectivity index is 1.99. The third kappa shape index (κ3) is 2.66. The smallest absolute Gasteiger partial charge is 0.252 e. The molecule has 2 fully saturated rings. The highest BCUT2D eigenvalue weighted by Crippen LogP contribution is 2.25. The van der Waals surface area contributed by atoms with Crippen LogP contribution in [0.25, 0.3) is 0 Å². The second kappa shape index (κ2) is 5.26. The molecule has 1 amide bonds. The molecule has 0 radical (unpaired) electrons. The second-order valence-corrected chi connectivity index (χ2v) is 5.57. The quantitative estimate of drug-likeness (QED) is 0.778. The molecule has 2 N–H and O–H groups in total. The zero-order chi connectivity index (χ0) is 13.2. The van der Waals surface area contributed by atoms with Crippen LogP contribution in [0.3, 0.4) is 0 Å². The summed E-state index contributed by atoms with van der Waals surface area (Å²) in [6.07, 6.45) is 2.92. The fourth-order valence-electron chi connectivity index (χ4n) is 2.69. The van der Waals surface area contributed by atoms with E-state index in [1.165, 1.54) is 6.42 Å². The van der Waals surface area contributed by atoms with Crippen LogP contribution in [-0.2, 0) is 4.79 Å². The lowest BCUT2D eigenvalue weighted by molar-refractivity contribution is -0.125. The molecule has 0 saturated carbocycles. The van der Waals surface area contributed by atoms with Crippen molar-refractivity contribution in [3.05, 3.63) is 0 Å². The van der Waals surface area contributed by atoms with E-state index in [-0.39, 0.29) is 11.9 Å². The summed E-state index contributed by atoms with van der Waals surface area (Å²) in [6, 6.07) is 0.197. The van der Waals surface area contributed by atoms with E-state index < -0.39 is 5.54 Å². The molecule has 5 heteroatoms. The summed E-state index contributed by atoms with van der Waals surface area (Å²) in [4.78, 5) is 19.0. The Kier molecular flexibility index (Phi) is 3.90. The minimum absolute atomic E-state index is 0.0954. The van der Waals surface area contributed by atoms with Crippen molar-refractivity contribution in [3.8, 4) is 0 Å². The summed E-state index contributed by atoms with van der Waals surface area (Å²) >= 11 is 0. The predicted molar refractivity (Wildman–Crippen MR) is 72.5 cm³/mol.